The van der Waals surface area contributed by atoms with E-state index < -0.39 is 107 Å². The molecule has 0 aromatic carbocycles. The first-order valence-electron chi connectivity index (χ1n) is 16.6. The topological polar surface area (TPSA) is 238 Å². The molecule has 4 fully saturated rings. The number of ketones is 1. The molecule has 4 aliphatic carbocycles. The van der Waals surface area contributed by atoms with Gasteiger partial charge in [0.2, 0.25) is 0 Å². The molecule has 0 spiro atoms. The molecule has 46 heavy (non-hydrogen) atoms. The van der Waals surface area contributed by atoms with Crippen molar-refractivity contribution in [2.75, 3.05) is 6.61 Å². The Balaban J connectivity index is 1.41. The van der Waals surface area contributed by atoms with Gasteiger partial charge in [-0.1, -0.05) is 13.8 Å². The molecule has 0 unspecified atom stereocenters. The largest absolute Gasteiger partial charge is 0.394 e. The summed E-state index contributed by atoms with van der Waals surface area (Å²) in [6.07, 6.45) is -10.0. The van der Waals surface area contributed by atoms with Gasteiger partial charge in [-0.2, -0.15) is 0 Å². The number of hydrogen-bond donors (Lipinski definition) is 10. The third-order valence-electron chi connectivity index (χ3n) is 12.8. The molecule has 1 aliphatic heterocycles. The van der Waals surface area contributed by atoms with E-state index in [9.17, 15) is 55.9 Å². The van der Waals surface area contributed by atoms with E-state index in [1.165, 1.54) is 6.08 Å². The highest BCUT2D eigenvalue weighted by Crippen LogP contribution is 2.68. The van der Waals surface area contributed by atoms with Gasteiger partial charge in [0.15, 0.2) is 12.1 Å². The third kappa shape index (κ3) is 5.43. The Bertz CT molecular complexity index is 1180. The minimum atomic E-state index is -1.73. The van der Waals surface area contributed by atoms with E-state index in [1.54, 1.807) is 27.7 Å². The van der Waals surface area contributed by atoms with E-state index in [2.05, 4.69) is 0 Å². The molecular weight excluding hydrogens is 604 g/mol. The Morgan fingerprint density at radius 2 is 1.63 bits per heavy atom. The van der Waals surface area contributed by atoms with Gasteiger partial charge in [-0.3, -0.25) is 4.79 Å². The van der Waals surface area contributed by atoms with Gasteiger partial charge in [0.25, 0.3) is 0 Å². The van der Waals surface area contributed by atoms with Gasteiger partial charge in [0, 0.05) is 16.7 Å². The number of fused-ring (bicyclic) bond motifs is 5. The molecule has 0 amide bonds. The Morgan fingerprint density at radius 1 is 0.978 bits per heavy atom. The van der Waals surface area contributed by atoms with Crippen LogP contribution in [-0.2, 0) is 14.3 Å². The van der Waals surface area contributed by atoms with Gasteiger partial charge < -0.3 is 60.5 Å². The number of aliphatic hydroxyl groups is 10. The number of carbonyl (C=O) groups is 1. The molecule has 3 saturated carbocycles. The summed E-state index contributed by atoms with van der Waals surface area (Å²) in [5.41, 5.74) is -5.84. The van der Waals surface area contributed by atoms with Crippen molar-refractivity contribution >= 4 is 5.78 Å². The Morgan fingerprint density at radius 3 is 2.24 bits per heavy atom. The molecular formula is C33H54O13. The average molecular weight is 659 g/mol. The fraction of sp³-hybridized carbons (Fsp3) is 0.909. The molecule has 0 radical (unpaired) electrons. The number of ether oxygens (including phenoxy) is 2. The van der Waals surface area contributed by atoms with Crippen LogP contribution < -0.4 is 0 Å². The Kier molecular flexibility index (Phi) is 9.50. The maximum atomic E-state index is 13.9. The molecule has 0 aromatic rings. The van der Waals surface area contributed by atoms with Crippen LogP contribution in [-0.4, -0.2) is 135 Å². The van der Waals surface area contributed by atoms with Crippen molar-refractivity contribution in [3.63, 3.8) is 0 Å². The second kappa shape index (κ2) is 12.1. The molecule has 0 bridgehead atoms. The zero-order valence-electron chi connectivity index (χ0n) is 27.4. The lowest BCUT2D eigenvalue weighted by Gasteiger charge is -2.62. The van der Waals surface area contributed by atoms with Crippen LogP contribution in [0.4, 0.5) is 0 Å². The zero-order chi connectivity index (χ0) is 34.4. The summed E-state index contributed by atoms with van der Waals surface area (Å²) in [4.78, 5) is 13.9. The Labute approximate surface area is 269 Å². The van der Waals surface area contributed by atoms with E-state index in [0.29, 0.717) is 24.8 Å². The molecule has 1 saturated heterocycles. The molecule has 1 heterocycles. The lowest BCUT2D eigenvalue weighted by atomic mass is 9.45. The fourth-order valence-corrected chi connectivity index (χ4v) is 9.82. The van der Waals surface area contributed by atoms with Crippen LogP contribution in [0.25, 0.3) is 0 Å². The SMILES string of the molecule is CC(C)(O)CC[C@@H](O)[C@](C)(O)[C@H]1CC[C@@]2(O)C3=CC(=O)[C@@H]4C[C@@H](O[C@@H]5O[C@H](CO)[C@@H](O)[C@H](O)[C@H]5O)[C@@H](O)[C@H](O)[C@]4(C)[C@H]3CC[C@]12C. The minimum Gasteiger partial charge on any atom is -0.394 e. The summed E-state index contributed by atoms with van der Waals surface area (Å²) in [5, 5.41) is 109. The maximum Gasteiger partial charge on any atom is 0.187 e. The number of aliphatic hydroxyl groups excluding tert-OH is 7. The lowest BCUT2D eigenvalue weighted by Crippen LogP contribution is -2.68. The highest BCUT2D eigenvalue weighted by atomic mass is 16.7. The Hall–Kier alpha value is -1.07. The van der Waals surface area contributed by atoms with Crippen LogP contribution >= 0.6 is 0 Å². The van der Waals surface area contributed by atoms with Crippen LogP contribution in [0.15, 0.2) is 11.6 Å². The summed E-state index contributed by atoms with van der Waals surface area (Å²) < 4.78 is 11.3. The second-order valence-corrected chi connectivity index (χ2v) is 16.0. The summed E-state index contributed by atoms with van der Waals surface area (Å²) in [7, 11) is 0. The van der Waals surface area contributed by atoms with Crippen molar-refractivity contribution in [3.8, 4) is 0 Å². The van der Waals surface area contributed by atoms with Crippen LogP contribution in [0.3, 0.4) is 0 Å². The van der Waals surface area contributed by atoms with Crippen molar-refractivity contribution < 1.29 is 65.3 Å². The summed E-state index contributed by atoms with van der Waals surface area (Å²) in [6.45, 7) is 7.74. The van der Waals surface area contributed by atoms with E-state index >= 15 is 0 Å². The van der Waals surface area contributed by atoms with Gasteiger partial charge >= 0.3 is 0 Å². The first-order valence-corrected chi connectivity index (χ1v) is 16.6. The van der Waals surface area contributed by atoms with Crippen molar-refractivity contribution in [1.29, 1.82) is 0 Å². The molecule has 5 rings (SSSR count). The van der Waals surface area contributed by atoms with Gasteiger partial charge in [0.05, 0.1) is 41.7 Å². The quantitative estimate of drug-likeness (QED) is 0.145. The van der Waals surface area contributed by atoms with Crippen molar-refractivity contribution in [3.05, 3.63) is 11.6 Å². The molecule has 5 aliphatic rings. The zero-order valence-corrected chi connectivity index (χ0v) is 27.4. The second-order valence-electron chi connectivity index (χ2n) is 16.0. The van der Waals surface area contributed by atoms with Crippen LogP contribution in [0.1, 0.15) is 79.6 Å². The number of rotatable bonds is 8. The molecule has 13 nitrogen and oxygen atoms in total. The van der Waals surface area contributed by atoms with Crippen LogP contribution in [0, 0.1) is 28.6 Å². The monoisotopic (exact) mass is 658 g/mol. The molecule has 264 valence electrons. The predicted octanol–water partition coefficient (Wildman–Crippen LogP) is -1.35. The smallest absolute Gasteiger partial charge is 0.187 e. The third-order valence-corrected chi connectivity index (χ3v) is 12.8. The van der Waals surface area contributed by atoms with Crippen molar-refractivity contribution in [2.45, 2.75) is 151 Å². The minimum absolute atomic E-state index is 0.0662. The summed E-state index contributed by atoms with van der Waals surface area (Å²) in [5.74, 6) is -2.26. The van der Waals surface area contributed by atoms with E-state index in [-0.39, 0.29) is 31.5 Å². The predicted molar refractivity (Wildman–Crippen MR) is 161 cm³/mol. The van der Waals surface area contributed by atoms with Gasteiger partial charge in [-0.25, -0.2) is 0 Å². The van der Waals surface area contributed by atoms with Gasteiger partial charge in [-0.05, 0) is 89.2 Å². The van der Waals surface area contributed by atoms with Crippen molar-refractivity contribution in [1.82, 2.24) is 0 Å². The average Bonchev–Trinajstić information content (AvgIpc) is 3.27. The van der Waals surface area contributed by atoms with Crippen LogP contribution in [0.5, 0.6) is 0 Å². The van der Waals surface area contributed by atoms with Crippen LogP contribution in [0.2, 0.25) is 0 Å². The number of carbonyl (C=O) groups excluding carboxylic acids is 1. The van der Waals surface area contributed by atoms with Gasteiger partial charge in [0.1, 0.15) is 30.5 Å². The maximum absolute atomic E-state index is 13.9. The summed E-state index contributed by atoms with van der Waals surface area (Å²) in [6, 6.07) is 0. The van der Waals surface area contributed by atoms with Gasteiger partial charge in [-0.15, -0.1) is 0 Å². The van der Waals surface area contributed by atoms with E-state index in [0.717, 1.165) is 0 Å². The highest BCUT2D eigenvalue weighted by molar-refractivity contribution is 5.95. The molecule has 13 heteroatoms. The normalized spacial score (nSPS) is 49.8. The highest BCUT2D eigenvalue weighted by Gasteiger charge is 2.70. The van der Waals surface area contributed by atoms with E-state index in [4.69, 9.17) is 9.47 Å². The lowest BCUT2D eigenvalue weighted by molar-refractivity contribution is -0.328. The number of allylic oxidation sites excluding steroid dienone is 1. The van der Waals surface area contributed by atoms with Crippen molar-refractivity contribution in [2.24, 2.45) is 28.6 Å². The fourth-order valence-electron chi connectivity index (χ4n) is 9.82. The first kappa shape index (κ1) is 36.2. The molecule has 0 aromatic heterocycles. The number of hydrogen-bond acceptors (Lipinski definition) is 13. The summed E-state index contributed by atoms with van der Waals surface area (Å²) >= 11 is 0. The standard InChI is InChI=1S/C33H54O13/c1-29(2,42)9-8-22(36)32(5,43)21-7-11-33(44)16-12-18(35)17-13-19(45-28-26(40)25(39)23(37)20(14-34)46-28)24(38)27(41)31(17,4)15(16)6-10-30(21,33)3/h12,15,17,19-28,34,36-44H,6-11,13-14H2,1-5H3/t15-,17-,19+,20+,21-,22+,23+,24+,25-,26+,27-,28+,30+,31+,32+,33+/m0/s1. The molecule has 10 N–H and O–H groups in total. The van der Waals surface area contributed by atoms with E-state index in [1.807, 2.05) is 6.92 Å². The first-order chi connectivity index (χ1) is 21.1. The molecule has 16 atom stereocenters.